The fourth-order valence-corrected chi connectivity index (χ4v) is 3.38. The van der Waals surface area contributed by atoms with Gasteiger partial charge in [-0.15, -0.1) is 0 Å². The zero-order valence-electron chi connectivity index (χ0n) is 15.7. The molecule has 1 unspecified atom stereocenters. The quantitative estimate of drug-likeness (QED) is 0.848. The Hall–Kier alpha value is -2.96. The maximum Gasteiger partial charge on any atom is 0.387 e. The first-order valence-corrected chi connectivity index (χ1v) is 9.05. The monoisotopic (exact) mass is 388 g/mol. The van der Waals surface area contributed by atoms with E-state index < -0.39 is 6.61 Å². The first kappa shape index (κ1) is 19.8. The topological polar surface area (TPSA) is 58.6 Å². The van der Waals surface area contributed by atoms with Crippen molar-refractivity contribution < 1.29 is 23.1 Å². The lowest BCUT2D eigenvalue weighted by Crippen LogP contribution is -2.31. The summed E-state index contributed by atoms with van der Waals surface area (Å²) < 4.78 is 29.3. The van der Waals surface area contributed by atoms with E-state index in [9.17, 15) is 18.4 Å². The van der Waals surface area contributed by atoms with Crippen molar-refractivity contribution in [2.24, 2.45) is 0 Å². The predicted octanol–water partition coefficient (Wildman–Crippen LogP) is 3.80. The number of ether oxygens (including phenoxy) is 1. The van der Waals surface area contributed by atoms with Gasteiger partial charge in [-0.2, -0.15) is 8.78 Å². The number of fused-ring (bicyclic) bond motifs is 1. The minimum absolute atomic E-state index is 0.127. The molecule has 7 heteroatoms. The van der Waals surface area contributed by atoms with E-state index >= 15 is 0 Å². The number of carbonyl (C=O) groups excluding carboxylic acids is 2. The van der Waals surface area contributed by atoms with Gasteiger partial charge in [-0.1, -0.05) is 6.07 Å². The van der Waals surface area contributed by atoms with Gasteiger partial charge in [0.05, 0.1) is 6.04 Å². The van der Waals surface area contributed by atoms with Crippen LogP contribution in [-0.4, -0.2) is 37.4 Å². The maximum absolute atomic E-state index is 12.6. The van der Waals surface area contributed by atoms with Crippen LogP contribution in [0.15, 0.2) is 42.5 Å². The summed E-state index contributed by atoms with van der Waals surface area (Å²) in [5.74, 6) is -0.244. The minimum Gasteiger partial charge on any atom is -0.435 e. The van der Waals surface area contributed by atoms with Crippen LogP contribution < -0.4 is 10.1 Å². The number of rotatable bonds is 5. The number of carbonyl (C=O) groups is 2. The second-order valence-electron chi connectivity index (χ2n) is 6.93. The molecule has 0 fully saturated rings. The SMILES string of the molecule is CN(C)C(=O)c1ccc(C(=O)NC2CCCc3cc(OC(F)F)ccc32)cc1. The van der Waals surface area contributed by atoms with Gasteiger partial charge in [-0.05, 0) is 66.8 Å². The Labute approximate surface area is 162 Å². The lowest BCUT2D eigenvalue weighted by atomic mass is 9.87. The molecule has 1 aliphatic rings. The Morgan fingerprint density at radius 1 is 1.11 bits per heavy atom. The summed E-state index contributed by atoms with van der Waals surface area (Å²) in [7, 11) is 3.34. The first-order chi connectivity index (χ1) is 13.3. The summed E-state index contributed by atoms with van der Waals surface area (Å²) in [5, 5.41) is 3.00. The highest BCUT2D eigenvalue weighted by atomic mass is 19.3. The van der Waals surface area contributed by atoms with Crippen LogP contribution in [0.2, 0.25) is 0 Å². The molecule has 2 amide bonds. The van der Waals surface area contributed by atoms with Crippen molar-refractivity contribution in [2.45, 2.75) is 31.9 Å². The molecule has 28 heavy (non-hydrogen) atoms. The molecule has 3 rings (SSSR count). The number of amides is 2. The van der Waals surface area contributed by atoms with E-state index in [1.54, 1.807) is 50.5 Å². The third-order valence-corrected chi connectivity index (χ3v) is 4.76. The molecule has 0 heterocycles. The Morgan fingerprint density at radius 3 is 2.43 bits per heavy atom. The van der Waals surface area contributed by atoms with Gasteiger partial charge in [-0.25, -0.2) is 0 Å². The van der Waals surface area contributed by atoms with Gasteiger partial charge in [0.2, 0.25) is 0 Å². The van der Waals surface area contributed by atoms with Crippen molar-refractivity contribution in [3.63, 3.8) is 0 Å². The normalized spacial score (nSPS) is 15.7. The van der Waals surface area contributed by atoms with Gasteiger partial charge in [0.1, 0.15) is 5.75 Å². The molecule has 1 aliphatic carbocycles. The molecule has 1 N–H and O–H groups in total. The number of hydrogen-bond donors (Lipinski definition) is 1. The van der Waals surface area contributed by atoms with E-state index in [1.165, 1.54) is 11.0 Å². The Kier molecular flexibility index (Phi) is 5.92. The smallest absolute Gasteiger partial charge is 0.387 e. The molecule has 1 atom stereocenters. The second kappa shape index (κ2) is 8.37. The van der Waals surface area contributed by atoms with Gasteiger partial charge < -0.3 is 15.0 Å². The molecular weight excluding hydrogens is 366 g/mol. The number of benzene rings is 2. The molecule has 0 bridgehead atoms. The van der Waals surface area contributed by atoms with Crippen molar-refractivity contribution in [2.75, 3.05) is 14.1 Å². The van der Waals surface area contributed by atoms with Gasteiger partial charge >= 0.3 is 6.61 Å². The average molecular weight is 388 g/mol. The Bertz CT molecular complexity index is 866. The third kappa shape index (κ3) is 4.47. The maximum atomic E-state index is 12.6. The van der Waals surface area contributed by atoms with Crippen LogP contribution in [0.25, 0.3) is 0 Å². The van der Waals surface area contributed by atoms with Crippen molar-refractivity contribution >= 4 is 11.8 Å². The van der Waals surface area contributed by atoms with Crippen LogP contribution in [0.4, 0.5) is 8.78 Å². The number of alkyl halides is 2. The lowest BCUT2D eigenvalue weighted by molar-refractivity contribution is -0.0499. The van der Waals surface area contributed by atoms with Crippen molar-refractivity contribution in [3.8, 4) is 5.75 Å². The number of nitrogens with zero attached hydrogens (tertiary/aromatic N) is 1. The number of hydrogen-bond acceptors (Lipinski definition) is 3. The van der Waals surface area contributed by atoms with Gasteiger partial charge in [0.15, 0.2) is 0 Å². The Morgan fingerprint density at radius 2 is 1.79 bits per heavy atom. The summed E-state index contributed by atoms with van der Waals surface area (Å²) in [4.78, 5) is 26.0. The predicted molar refractivity (Wildman–Crippen MR) is 101 cm³/mol. The standard InChI is InChI=1S/C21H22F2N2O3/c1-25(2)20(27)14-8-6-13(7-9-14)19(26)24-18-5-3-4-15-12-16(28-21(22)23)10-11-17(15)18/h6-12,18,21H,3-5H2,1-2H3,(H,24,26). The molecule has 148 valence electrons. The number of halogens is 2. The molecule has 0 aromatic heterocycles. The zero-order chi connectivity index (χ0) is 20.3. The average Bonchev–Trinajstić information content (AvgIpc) is 2.67. The molecule has 5 nitrogen and oxygen atoms in total. The van der Waals surface area contributed by atoms with E-state index in [1.807, 2.05) is 0 Å². The highest BCUT2D eigenvalue weighted by molar-refractivity contribution is 5.97. The molecule has 0 radical (unpaired) electrons. The van der Waals surface area contributed by atoms with Crippen LogP contribution in [0.1, 0.15) is 50.7 Å². The zero-order valence-corrected chi connectivity index (χ0v) is 15.7. The molecule has 0 spiro atoms. The van der Waals surface area contributed by atoms with Crippen LogP contribution in [0, 0.1) is 0 Å². The van der Waals surface area contributed by atoms with E-state index in [0.29, 0.717) is 11.1 Å². The summed E-state index contributed by atoms with van der Waals surface area (Å²) in [5.41, 5.74) is 2.79. The van der Waals surface area contributed by atoms with Crippen molar-refractivity contribution in [3.05, 3.63) is 64.7 Å². The largest absolute Gasteiger partial charge is 0.435 e. The highest BCUT2D eigenvalue weighted by Gasteiger charge is 2.23. The summed E-state index contributed by atoms with van der Waals surface area (Å²) in [6.45, 7) is -2.86. The molecular formula is C21H22F2N2O3. The molecule has 2 aromatic carbocycles. The van der Waals surface area contributed by atoms with Crippen molar-refractivity contribution in [1.29, 1.82) is 0 Å². The summed E-state index contributed by atoms with van der Waals surface area (Å²) in [6, 6.07) is 11.1. The van der Waals surface area contributed by atoms with E-state index in [2.05, 4.69) is 10.1 Å². The Balaban J connectivity index is 1.72. The molecule has 2 aromatic rings. The van der Waals surface area contributed by atoms with Crippen LogP contribution in [-0.2, 0) is 6.42 Å². The first-order valence-electron chi connectivity index (χ1n) is 9.05. The molecule has 0 aliphatic heterocycles. The van der Waals surface area contributed by atoms with E-state index in [-0.39, 0.29) is 23.6 Å². The fourth-order valence-electron chi connectivity index (χ4n) is 3.38. The van der Waals surface area contributed by atoms with Crippen LogP contribution >= 0.6 is 0 Å². The number of aryl methyl sites for hydroxylation is 1. The minimum atomic E-state index is -2.86. The number of nitrogens with one attached hydrogen (secondary N) is 1. The summed E-state index contributed by atoms with van der Waals surface area (Å²) in [6.07, 6.45) is 2.36. The second-order valence-corrected chi connectivity index (χ2v) is 6.93. The van der Waals surface area contributed by atoms with Crippen LogP contribution in [0.3, 0.4) is 0 Å². The van der Waals surface area contributed by atoms with Crippen molar-refractivity contribution in [1.82, 2.24) is 10.2 Å². The van der Waals surface area contributed by atoms with Gasteiger partial charge in [-0.3, -0.25) is 9.59 Å². The van der Waals surface area contributed by atoms with Gasteiger partial charge in [0.25, 0.3) is 11.8 Å². The van der Waals surface area contributed by atoms with Gasteiger partial charge in [0, 0.05) is 25.2 Å². The third-order valence-electron chi connectivity index (χ3n) is 4.76. The highest BCUT2D eigenvalue weighted by Crippen LogP contribution is 2.32. The lowest BCUT2D eigenvalue weighted by Gasteiger charge is -2.27. The summed E-state index contributed by atoms with van der Waals surface area (Å²) >= 11 is 0. The van der Waals surface area contributed by atoms with Crippen LogP contribution in [0.5, 0.6) is 5.75 Å². The molecule has 0 saturated heterocycles. The van der Waals surface area contributed by atoms with E-state index in [0.717, 1.165) is 30.4 Å². The van der Waals surface area contributed by atoms with E-state index in [4.69, 9.17) is 0 Å². The molecule has 0 saturated carbocycles. The fraction of sp³-hybridized carbons (Fsp3) is 0.333.